The normalized spacial score (nSPS) is 21.5. The van der Waals surface area contributed by atoms with Crippen LogP contribution in [0.4, 0.5) is 4.39 Å². The first-order valence-corrected chi connectivity index (χ1v) is 8.82. The number of aryl methyl sites for hydroxylation is 2. The molecule has 1 fully saturated rings. The summed E-state index contributed by atoms with van der Waals surface area (Å²) in [6, 6.07) is 11.0. The Bertz CT molecular complexity index is 452. The molecule has 0 amide bonds. The van der Waals surface area contributed by atoms with Crippen LogP contribution in [0, 0.1) is 23.2 Å². The molecule has 120 valence electrons. The maximum Gasteiger partial charge on any atom is 0.0894 e. The van der Waals surface area contributed by atoms with E-state index in [1.165, 1.54) is 49.7 Å². The van der Waals surface area contributed by atoms with Crippen LogP contribution in [0.25, 0.3) is 0 Å². The van der Waals surface area contributed by atoms with Gasteiger partial charge in [0.05, 0.1) is 12.7 Å². The smallest absolute Gasteiger partial charge is 0.0894 e. The summed E-state index contributed by atoms with van der Waals surface area (Å²) in [6.45, 7) is -0.149. The molecule has 2 heteroatoms. The fraction of sp³-hybridized carbons (Fsp3) is 0.650. The molecule has 0 aromatic heterocycles. The first kappa shape index (κ1) is 17.0. The Labute approximate surface area is 134 Å². The van der Waals surface area contributed by atoms with E-state index >= 15 is 0 Å². The van der Waals surface area contributed by atoms with Crippen molar-refractivity contribution in [2.45, 2.75) is 64.2 Å². The Hall–Kier alpha value is -1.36. The molecule has 0 saturated heterocycles. The summed E-state index contributed by atoms with van der Waals surface area (Å²) in [5, 5.41) is 8.61. The van der Waals surface area contributed by atoms with Gasteiger partial charge in [-0.3, -0.25) is 4.39 Å². The van der Waals surface area contributed by atoms with Crippen LogP contribution in [0.1, 0.15) is 62.5 Å². The van der Waals surface area contributed by atoms with Gasteiger partial charge >= 0.3 is 0 Å². The van der Waals surface area contributed by atoms with Crippen molar-refractivity contribution in [2.24, 2.45) is 11.8 Å². The summed E-state index contributed by atoms with van der Waals surface area (Å²) >= 11 is 0. The first-order valence-electron chi connectivity index (χ1n) is 8.82. The van der Waals surface area contributed by atoms with E-state index < -0.39 is 0 Å². The minimum atomic E-state index is -0.149. The van der Waals surface area contributed by atoms with Crippen molar-refractivity contribution >= 4 is 0 Å². The highest BCUT2D eigenvalue weighted by molar-refractivity contribution is 5.23. The van der Waals surface area contributed by atoms with Gasteiger partial charge in [0.1, 0.15) is 0 Å². The van der Waals surface area contributed by atoms with Gasteiger partial charge in [-0.1, -0.05) is 49.9 Å². The van der Waals surface area contributed by atoms with Crippen molar-refractivity contribution in [3.05, 3.63) is 35.4 Å². The van der Waals surface area contributed by atoms with Gasteiger partial charge in [-0.05, 0) is 55.1 Å². The largest absolute Gasteiger partial charge is 0.251 e. The van der Waals surface area contributed by atoms with E-state index in [2.05, 4.69) is 30.3 Å². The molecule has 2 rings (SSSR count). The molecule has 0 bridgehead atoms. The van der Waals surface area contributed by atoms with Gasteiger partial charge in [0.25, 0.3) is 0 Å². The number of nitrogens with zero attached hydrogens (tertiary/aromatic N) is 1. The minimum absolute atomic E-state index is 0.149. The van der Waals surface area contributed by atoms with Crippen LogP contribution in [0.5, 0.6) is 0 Å². The molecule has 0 N–H and O–H groups in total. The van der Waals surface area contributed by atoms with Crippen LogP contribution in [-0.2, 0) is 12.8 Å². The molecule has 1 aromatic carbocycles. The summed E-state index contributed by atoms with van der Waals surface area (Å²) in [5.41, 5.74) is 2.68. The van der Waals surface area contributed by atoms with Crippen molar-refractivity contribution in [3.8, 4) is 6.07 Å². The van der Waals surface area contributed by atoms with Crippen LogP contribution < -0.4 is 0 Å². The number of halogens is 1. The Morgan fingerprint density at radius 2 is 1.45 bits per heavy atom. The van der Waals surface area contributed by atoms with Crippen molar-refractivity contribution in [1.82, 2.24) is 0 Å². The van der Waals surface area contributed by atoms with Crippen molar-refractivity contribution in [3.63, 3.8) is 0 Å². The third-order valence-electron chi connectivity index (χ3n) is 5.10. The number of hydrogen-bond acceptors (Lipinski definition) is 1. The van der Waals surface area contributed by atoms with Crippen molar-refractivity contribution in [1.29, 1.82) is 5.26 Å². The molecule has 0 radical (unpaired) electrons. The van der Waals surface area contributed by atoms with Gasteiger partial charge in [-0.25, -0.2) is 0 Å². The van der Waals surface area contributed by atoms with Gasteiger partial charge in [-0.2, -0.15) is 5.26 Å². The average molecular weight is 301 g/mol. The van der Waals surface area contributed by atoms with E-state index in [-0.39, 0.29) is 6.67 Å². The van der Waals surface area contributed by atoms with E-state index in [0.29, 0.717) is 6.42 Å². The van der Waals surface area contributed by atoms with Crippen LogP contribution in [0.2, 0.25) is 0 Å². The standard InChI is InChI=1S/C20H28FN/c21-15-1-3-17-5-9-19(10-6-17)13-14-20-11-7-18(8-12-20)4-2-16-22/h7-8,11-12,17,19H,1-6,9-10,13-15H2/t17-,19-. The van der Waals surface area contributed by atoms with Gasteiger partial charge in [0.2, 0.25) is 0 Å². The lowest BCUT2D eigenvalue weighted by atomic mass is 9.78. The average Bonchev–Trinajstić information content (AvgIpc) is 2.58. The lowest BCUT2D eigenvalue weighted by Gasteiger charge is -2.28. The number of nitriles is 1. The Morgan fingerprint density at radius 1 is 0.909 bits per heavy atom. The maximum atomic E-state index is 12.2. The topological polar surface area (TPSA) is 23.8 Å². The molecule has 1 aliphatic carbocycles. The van der Waals surface area contributed by atoms with Gasteiger partial charge < -0.3 is 0 Å². The molecule has 0 spiro atoms. The fourth-order valence-electron chi connectivity index (χ4n) is 3.62. The molecule has 1 nitrogen and oxygen atoms in total. The van der Waals surface area contributed by atoms with Crippen molar-refractivity contribution in [2.75, 3.05) is 6.67 Å². The third-order valence-corrected chi connectivity index (χ3v) is 5.10. The Kier molecular flexibility index (Phi) is 7.43. The minimum Gasteiger partial charge on any atom is -0.251 e. The molecule has 0 aliphatic heterocycles. The van der Waals surface area contributed by atoms with Crippen molar-refractivity contribution < 1.29 is 4.39 Å². The summed E-state index contributed by atoms with van der Waals surface area (Å²) in [6.07, 6.45) is 11.0. The highest BCUT2D eigenvalue weighted by Crippen LogP contribution is 2.33. The van der Waals surface area contributed by atoms with E-state index in [9.17, 15) is 4.39 Å². The van der Waals surface area contributed by atoms with Crippen LogP contribution >= 0.6 is 0 Å². The molecular weight excluding hydrogens is 273 g/mol. The Balaban J connectivity index is 1.67. The van der Waals surface area contributed by atoms with Gasteiger partial charge in [0, 0.05) is 6.42 Å². The van der Waals surface area contributed by atoms with E-state index in [1.807, 2.05) is 0 Å². The molecule has 1 aliphatic rings. The first-order chi connectivity index (χ1) is 10.8. The Morgan fingerprint density at radius 3 is 2.00 bits per heavy atom. The molecule has 22 heavy (non-hydrogen) atoms. The fourth-order valence-corrected chi connectivity index (χ4v) is 3.62. The predicted molar refractivity (Wildman–Crippen MR) is 89.4 cm³/mol. The highest BCUT2D eigenvalue weighted by Gasteiger charge is 2.20. The van der Waals surface area contributed by atoms with Crippen LogP contribution in [0.3, 0.4) is 0 Å². The second kappa shape index (κ2) is 9.62. The van der Waals surface area contributed by atoms with E-state index in [0.717, 1.165) is 31.1 Å². The second-order valence-electron chi connectivity index (χ2n) is 6.73. The second-order valence-corrected chi connectivity index (χ2v) is 6.73. The zero-order valence-corrected chi connectivity index (χ0v) is 13.6. The lowest BCUT2D eigenvalue weighted by molar-refractivity contribution is 0.245. The van der Waals surface area contributed by atoms with Crippen LogP contribution in [-0.4, -0.2) is 6.67 Å². The van der Waals surface area contributed by atoms with E-state index in [1.54, 1.807) is 0 Å². The SMILES string of the molecule is N#CCCc1ccc(CC[C@H]2CC[C@H](CCCF)CC2)cc1. The predicted octanol–water partition coefficient (Wildman–Crippen LogP) is 5.63. The molecule has 1 saturated carbocycles. The third kappa shape index (κ3) is 5.79. The van der Waals surface area contributed by atoms with Gasteiger partial charge in [0.15, 0.2) is 0 Å². The number of rotatable bonds is 8. The number of hydrogen-bond donors (Lipinski definition) is 0. The zero-order chi connectivity index (χ0) is 15.6. The summed E-state index contributed by atoms with van der Waals surface area (Å²) < 4.78 is 12.2. The van der Waals surface area contributed by atoms with Crippen LogP contribution in [0.15, 0.2) is 24.3 Å². The molecule has 1 aromatic rings. The maximum absolute atomic E-state index is 12.2. The summed E-state index contributed by atoms with van der Waals surface area (Å²) in [5.74, 6) is 1.64. The summed E-state index contributed by atoms with van der Waals surface area (Å²) in [7, 11) is 0. The number of alkyl halides is 1. The quantitative estimate of drug-likeness (QED) is 0.610. The molecular formula is C20H28FN. The zero-order valence-electron chi connectivity index (χ0n) is 13.6. The van der Waals surface area contributed by atoms with Gasteiger partial charge in [-0.15, -0.1) is 0 Å². The molecule has 0 unspecified atom stereocenters. The molecule has 0 heterocycles. The highest BCUT2D eigenvalue weighted by atomic mass is 19.1. The lowest BCUT2D eigenvalue weighted by Crippen LogP contribution is -2.15. The monoisotopic (exact) mass is 301 g/mol. The molecule has 0 atom stereocenters. The summed E-state index contributed by atoms with van der Waals surface area (Å²) in [4.78, 5) is 0. The number of benzene rings is 1. The van der Waals surface area contributed by atoms with E-state index in [4.69, 9.17) is 5.26 Å².